The van der Waals surface area contributed by atoms with E-state index in [0.29, 0.717) is 18.3 Å². The quantitative estimate of drug-likeness (QED) is 0.879. The molecule has 1 unspecified atom stereocenters. The summed E-state index contributed by atoms with van der Waals surface area (Å²) in [6, 6.07) is 3.73. The van der Waals surface area contributed by atoms with Gasteiger partial charge in [0.25, 0.3) is 0 Å². The maximum Gasteiger partial charge on any atom is 0.320 e. The highest BCUT2D eigenvalue weighted by Gasteiger charge is 2.41. The van der Waals surface area contributed by atoms with E-state index in [1.807, 2.05) is 12.3 Å². The topological polar surface area (TPSA) is 72.5 Å². The van der Waals surface area contributed by atoms with Gasteiger partial charge in [-0.15, -0.1) is 0 Å². The lowest BCUT2D eigenvalue weighted by Crippen LogP contribution is -2.39. The molecule has 3 fully saturated rings. The van der Waals surface area contributed by atoms with E-state index in [-0.39, 0.29) is 17.7 Å². The van der Waals surface area contributed by atoms with Crippen molar-refractivity contribution in [1.29, 1.82) is 0 Å². The summed E-state index contributed by atoms with van der Waals surface area (Å²) in [5, 5.41) is 5.71. The molecule has 3 aliphatic rings. The van der Waals surface area contributed by atoms with Crippen LogP contribution in [0.25, 0.3) is 0 Å². The SMILES string of the molecule is O=C(NCC1CCC2(CCOCC2)O1)Nc1ccc(C2CCC2)cn1. The highest BCUT2D eigenvalue weighted by molar-refractivity contribution is 5.88. The summed E-state index contributed by atoms with van der Waals surface area (Å²) in [4.78, 5) is 16.4. The molecule has 4 rings (SSSR count). The molecule has 2 aliphatic heterocycles. The number of anilines is 1. The normalized spacial score (nSPS) is 25.5. The number of carbonyl (C=O) groups is 1. The minimum absolute atomic E-state index is 0.0139. The van der Waals surface area contributed by atoms with Gasteiger partial charge in [0.15, 0.2) is 0 Å². The van der Waals surface area contributed by atoms with Crippen molar-refractivity contribution in [3.63, 3.8) is 0 Å². The van der Waals surface area contributed by atoms with Crippen LogP contribution in [0, 0.1) is 0 Å². The van der Waals surface area contributed by atoms with E-state index in [4.69, 9.17) is 9.47 Å². The Bertz CT molecular complexity index is 594. The molecule has 6 nitrogen and oxygen atoms in total. The molecule has 2 N–H and O–H groups in total. The molecule has 1 aliphatic carbocycles. The van der Waals surface area contributed by atoms with Crippen LogP contribution in [0.2, 0.25) is 0 Å². The van der Waals surface area contributed by atoms with Crippen molar-refractivity contribution in [3.8, 4) is 0 Å². The number of hydrogen-bond acceptors (Lipinski definition) is 4. The van der Waals surface area contributed by atoms with Crippen LogP contribution in [0.5, 0.6) is 0 Å². The first kappa shape index (κ1) is 16.8. The van der Waals surface area contributed by atoms with E-state index in [1.54, 1.807) is 0 Å². The number of aromatic nitrogens is 1. The maximum absolute atomic E-state index is 12.1. The third-order valence-electron chi connectivity index (χ3n) is 5.84. The van der Waals surface area contributed by atoms with Gasteiger partial charge in [-0.25, -0.2) is 9.78 Å². The molecular weight excluding hydrogens is 318 g/mol. The number of nitrogens with zero attached hydrogens (tertiary/aromatic N) is 1. The van der Waals surface area contributed by atoms with Crippen LogP contribution >= 0.6 is 0 Å². The molecule has 1 saturated carbocycles. The van der Waals surface area contributed by atoms with Gasteiger partial charge in [0.05, 0.1) is 11.7 Å². The highest BCUT2D eigenvalue weighted by atomic mass is 16.5. The van der Waals surface area contributed by atoms with Gasteiger partial charge in [0.2, 0.25) is 0 Å². The predicted octanol–water partition coefficient (Wildman–Crippen LogP) is 3.20. The molecule has 6 heteroatoms. The van der Waals surface area contributed by atoms with E-state index in [0.717, 1.165) is 38.9 Å². The summed E-state index contributed by atoms with van der Waals surface area (Å²) in [5.41, 5.74) is 1.26. The minimum atomic E-state index is -0.222. The Balaban J connectivity index is 1.21. The Morgan fingerprint density at radius 3 is 2.72 bits per heavy atom. The van der Waals surface area contributed by atoms with Crippen molar-refractivity contribution in [1.82, 2.24) is 10.3 Å². The van der Waals surface area contributed by atoms with Crippen LogP contribution in [0.1, 0.15) is 56.4 Å². The number of ether oxygens (including phenoxy) is 2. The van der Waals surface area contributed by atoms with E-state index in [9.17, 15) is 4.79 Å². The third-order valence-corrected chi connectivity index (χ3v) is 5.84. The fraction of sp³-hybridized carbons (Fsp3) is 0.684. The van der Waals surface area contributed by atoms with Crippen molar-refractivity contribution >= 4 is 11.8 Å². The molecule has 1 aromatic rings. The number of urea groups is 1. The summed E-state index contributed by atoms with van der Waals surface area (Å²) < 4.78 is 11.6. The smallest absolute Gasteiger partial charge is 0.320 e. The Labute approximate surface area is 148 Å². The van der Waals surface area contributed by atoms with Gasteiger partial charge in [-0.1, -0.05) is 12.5 Å². The zero-order valence-corrected chi connectivity index (χ0v) is 14.6. The third kappa shape index (κ3) is 3.96. The van der Waals surface area contributed by atoms with Crippen molar-refractivity contribution in [2.45, 2.75) is 62.6 Å². The molecular formula is C19H27N3O3. The van der Waals surface area contributed by atoms with E-state index in [1.165, 1.54) is 24.8 Å². The molecule has 3 heterocycles. The first-order valence-corrected chi connectivity index (χ1v) is 9.49. The van der Waals surface area contributed by atoms with Crippen molar-refractivity contribution < 1.29 is 14.3 Å². The molecule has 0 radical (unpaired) electrons. The van der Waals surface area contributed by atoms with Gasteiger partial charge < -0.3 is 14.8 Å². The monoisotopic (exact) mass is 345 g/mol. The van der Waals surface area contributed by atoms with Crippen molar-refractivity contribution in [2.24, 2.45) is 0 Å². The Morgan fingerprint density at radius 1 is 1.20 bits per heavy atom. The van der Waals surface area contributed by atoms with Crippen LogP contribution in [0.3, 0.4) is 0 Å². The molecule has 2 amide bonds. The summed E-state index contributed by atoms with van der Waals surface area (Å²) in [7, 11) is 0. The molecule has 2 saturated heterocycles. The zero-order valence-electron chi connectivity index (χ0n) is 14.6. The average Bonchev–Trinajstić information content (AvgIpc) is 2.96. The number of rotatable bonds is 4. The van der Waals surface area contributed by atoms with Crippen LogP contribution in [0.15, 0.2) is 18.3 Å². The highest BCUT2D eigenvalue weighted by Crippen LogP contribution is 2.38. The lowest BCUT2D eigenvalue weighted by molar-refractivity contribution is -0.101. The van der Waals surface area contributed by atoms with Crippen molar-refractivity contribution in [3.05, 3.63) is 23.9 Å². The number of hydrogen-bond donors (Lipinski definition) is 2. The van der Waals surface area contributed by atoms with Gasteiger partial charge in [0, 0.05) is 26.0 Å². The molecule has 136 valence electrons. The fourth-order valence-corrected chi connectivity index (χ4v) is 3.98. The number of carbonyl (C=O) groups excluding carboxylic acids is 1. The van der Waals surface area contributed by atoms with Gasteiger partial charge in [-0.05, 0) is 56.1 Å². The molecule has 0 aromatic carbocycles. The van der Waals surface area contributed by atoms with Gasteiger partial charge >= 0.3 is 6.03 Å². The standard InChI is InChI=1S/C19H27N3O3/c23-18(22-17-5-4-15(12-20-17)14-2-1-3-14)21-13-16-6-7-19(25-16)8-10-24-11-9-19/h4-5,12,14,16H,1-3,6-11,13H2,(H2,20,21,22,23). The van der Waals surface area contributed by atoms with Gasteiger partial charge in [-0.2, -0.15) is 0 Å². The molecule has 25 heavy (non-hydrogen) atoms. The average molecular weight is 345 g/mol. The number of pyridine rings is 1. The zero-order chi connectivity index (χ0) is 17.1. The van der Waals surface area contributed by atoms with Gasteiger partial charge in [-0.3, -0.25) is 5.32 Å². The Hall–Kier alpha value is -1.66. The van der Waals surface area contributed by atoms with Crippen molar-refractivity contribution in [2.75, 3.05) is 25.1 Å². The fourth-order valence-electron chi connectivity index (χ4n) is 3.98. The maximum atomic E-state index is 12.1. The van der Waals surface area contributed by atoms with E-state index in [2.05, 4.69) is 21.7 Å². The molecule has 0 bridgehead atoms. The largest absolute Gasteiger partial charge is 0.381 e. The second kappa shape index (κ2) is 7.30. The van der Waals surface area contributed by atoms with Crippen LogP contribution in [-0.4, -0.2) is 42.5 Å². The van der Waals surface area contributed by atoms with E-state index >= 15 is 0 Å². The molecule has 1 atom stereocenters. The number of amides is 2. The lowest BCUT2D eigenvalue weighted by atomic mass is 9.81. The Morgan fingerprint density at radius 2 is 2.04 bits per heavy atom. The first-order chi connectivity index (χ1) is 12.2. The van der Waals surface area contributed by atoms with Crippen LogP contribution in [0.4, 0.5) is 10.6 Å². The molecule has 1 aromatic heterocycles. The summed E-state index contributed by atoms with van der Waals surface area (Å²) in [6.07, 6.45) is 9.79. The number of nitrogens with one attached hydrogen (secondary N) is 2. The van der Waals surface area contributed by atoms with Crippen LogP contribution < -0.4 is 10.6 Å². The summed E-state index contributed by atoms with van der Waals surface area (Å²) in [6.45, 7) is 2.10. The Kier molecular flexibility index (Phi) is 4.90. The van der Waals surface area contributed by atoms with Gasteiger partial charge in [0.1, 0.15) is 5.82 Å². The summed E-state index contributed by atoms with van der Waals surface area (Å²) in [5.74, 6) is 1.25. The van der Waals surface area contributed by atoms with E-state index < -0.39 is 0 Å². The first-order valence-electron chi connectivity index (χ1n) is 9.49. The minimum Gasteiger partial charge on any atom is -0.381 e. The van der Waals surface area contributed by atoms with Crippen LogP contribution in [-0.2, 0) is 9.47 Å². The molecule has 1 spiro atoms. The lowest BCUT2D eigenvalue weighted by Gasteiger charge is -2.33. The summed E-state index contributed by atoms with van der Waals surface area (Å²) >= 11 is 0. The second-order valence-corrected chi connectivity index (χ2v) is 7.51. The predicted molar refractivity (Wildman–Crippen MR) is 94.7 cm³/mol. The second-order valence-electron chi connectivity index (χ2n) is 7.51.